The number of hydrogen-bond acceptors (Lipinski definition) is 2. The van der Waals surface area contributed by atoms with Crippen LogP contribution in [0.5, 0.6) is 0 Å². The Balaban J connectivity index is 2.55. The van der Waals surface area contributed by atoms with Gasteiger partial charge in [0.25, 0.3) is 0 Å². The lowest BCUT2D eigenvalue weighted by atomic mass is 9.78. The second-order valence-electron chi connectivity index (χ2n) is 5.19. The molecule has 3 heteroatoms. The molecule has 0 spiro atoms. The van der Waals surface area contributed by atoms with Crippen molar-refractivity contribution in [1.82, 2.24) is 5.32 Å². The first-order valence-electron chi connectivity index (χ1n) is 4.70. The van der Waals surface area contributed by atoms with Crippen molar-refractivity contribution in [2.75, 3.05) is 13.2 Å². The maximum atomic E-state index is 11.0. The minimum absolute atomic E-state index is 0.0348. The molecule has 1 saturated heterocycles. The molecule has 0 aliphatic carbocycles. The lowest BCUT2D eigenvalue weighted by Gasteiger charge is -2.45. The number of hydrogen-bond donors (Lipinski definition) is 1. The molecule has 1 fully saturated rings. The Morgan fingerprint density at radius 3 is 2.23 bits per heavy atom. The second-order valence-corrected chi connectivity index (χ2v) is 5.19. The lowest BCUT2D eigenvalue weighted by molar-refractivity contribution is -0.134. The van der Waals surface area contributed by atoms with Gasteiger partial charge in [0.2, 0.25) is 5.91 Å². The summed E-state index contributed by atoms with van der Waals surface area (Å²) in [6.07, 6.45) is 0.972. The van der Waals surface area contributed by atoms with E-state index in [4.69, 9.17) is 4.74 Å². The minimum atomic E-state index is -0.0932. The largest absolute Gasteiger partial charge is 0.376 e. The molecule has 1 aliphatic heterocycles. The molecule has 1 heterocycles. The topological polar surface area (TPSA) is 38.3 Å². The van der Waals surface area contributed by atoms with Crippen LogP contribution >= 0.6 is 0 Å². The van der Waals surface area contributed by atoms with Crippen molar-refractivity contribution in [3.8, 4) is 0 Å². The third kappa shape index (κ3) is 2.99. The molecule has 1 aliphatic rings. The van der Waals surface area contributed by atoms with Crippen LogP contribution in [0.1, 0.15) is 34.1 Å². The first-order chi connectivity index (χ1) is 5.83. The standard InChI is InChI=1S/C10H19NO2/c1-8(12)11-10(6-13-7-10)5-9(2,3)4/h5-7H2,1-4H3,(H,11,12). The third-order valence-electron chi connectivity index (χ3n) is 2.07. The average molecular weight is 185 g/mol. The van der Waals surface area contributed by atoms with Crippen molar-refractivity contribution in [2.24, 2.45) is 5.41 Å². The molecule has 0 aromatic heterocycles. The molecule has 0 unspecified atom stereocenters. The summed E-state index contributed by atoms with van der Waals surface area (Å²) in [7, 11) is 0. The van der Waals surface area contributed by atoms with Crippen LogP contribution in [0.3, 0.4) is 0 Å². The number of amides is 1. The SMILES string of the molecule is CC(=O)NC1(CC(C)(C)C)COC1. The molecule has 76 valence electrons. The Hall–Kier alpha value is -0.570. The van der Waals surface area contributed by atoms with Crippen LogP contribution in [0.2, 0.25) is 0 Å². The molecule has 13 heavy (non-hydrogen) atoms. The second kappa shape index (κ2) is 3.29. The van der Waals surface area contributed by atoms with Gasteiger partial charge in [0.15, 0.2) is 0 Å². The molecule has 1 N–H and O–H groups in total. The molecule has 0 aromatic carbocycles. The van der Waals surface area contributed by atoms with Crippen molar-refractivity contribution in [3.05, 3.63) is 0 Å². The molecule has 0 saturated carbocycles. The molecule has 1 rings (SSSR count). The Kier molecular flexibility index (Phi) is 2.66. The molecular weight excluding hydrogens is 166 g/mol. The zero-order valence-electron chi connectivity index (χ0n) is 8.94. The number of carbonyl (C=O) groups is 1. The smallest absolute Gasteiger partial charge is 0.217 e. The van der Waals surface area contributed by atoms with Crippen molar-refractivity contribution in [2.45, 2.75) is 39.7 Å². The number of rotatable bonds is 2. The summed E-state index contributed by atoms with van der Waals surface area (Å²) < 4.78 is 5.17. The van der Waals surface area contributed by atoms with E-state index in [0.29, 0.717) is 13.2 Å². The molecular formula is C10H19NO2. The van der Waals surface area contributed by atoms with Crippen molar-refractivity contribution < 1.29 is 9.53 Å². The van der Waals surface area contributed by atoms with Gasteiger partial charge in [-0.15, -0.1) is 0 Å². The van der Waals surface area contributed by atoms with Gasteiger partial charge in [-0.1, -0.05) is 20.8 Å². The highest BCUT2D eigenvalue weighted by Gasteiger charge is 2.42. The summed E-state index contributed by atoms with van der Waals surface area (Å²) in [4.78, 5) is 11.0. The van der Waals surface area contributed by atoms with E-state index in [1.54, 1.807) is 6.92 Å². The zero-order chi connectivity index (χ0) is 10.1. The predicted molar refractivity (Wildman–Crippen MR) is 51.4 cm³/mol. The average Bonchev–Trinajstić information content (AvgIpc) is 1.78. The fourth-order valence-corrected chi connectivity index (χ4v) is 1.96. The van der Waals surface area contributed by atoms with E-state index >= 15 is 0 Å². The van der Waals surface area contributed by atoms with Gasteiger partial charge in [0.05, 0.1) is 18.8 Å². The van der Waals surface area contributed by atoms with E-state index in [1.165, 1.54) is 0 Å². The maximum Gasteiger partial charge on any atom is 0.217 e. The zero-order valence-corrected chi connectivity index (χ0v) is 8.94. The van der Waals surface area contributed by atoms with Crippen LogP contribution in [-0.4, -0.2) is 24.7 Å². The van der Waals surface area contributed by atoms with Crippen LogP contribution in [0.4, 0.5) is 0 Å². The molecule has 0 bridgehead atoms. The van der Waals surface area contributed by atoms with E-state index < -0.39 is 0 Å². The van der Waals surface area contributed by atoms with Crippen molar-refractivity contribution in [1.29, 1.82) is 0 Å². The fourth-order valence-electron chi connectivity index (χ4n) is 1.96. The molecule has 0 aromatic rings. The third-order valence-corrected chi connectivity index (χ3v) is 2.07. The Labute approximate surface area is 79.8 Å². The van der Waals surface area contributed by atoms with Crippen LogP contribution in [-0.2, 0) is 9.53 Å². The van der Waals surface area contributed by atoms with Gasteiger partial charge in [0.1, 0.15) is 0 Å². The van der Waals surface area contributed by atoms with Gasteiger partial charge in [-0.2, -0.15) is 0 Å². The molecule has 1 amide bonds. The highest BCUT2D eigenvalue weighted by atomic mass is 16.5. The number of nitrogens with one attached hydrogen (secondary N) is 1. The molecule has 0 radical (unpaired) electrons. The number of carbonyl (C=O) groups excluding carboxylic acids is 1. The van der Waals surface area contributed by atoms with E-state index in [2.05, 4.69) is 26.1 Å². The molecule has 0 atom stereocenters. The maximum absolute atomic E-state index is 11.0. The van der Waals surface area contributed by atoms with Crippen LogP contribution in [0.15, 0.2) is 0 Å². The quantitative estimate of drug-likeness (QED) is 0.704. The van der Waals surface area contributed by atoms with Crippen LogP contribution in [0, 0.1) is 5.41 Å². The Morgan fingerprint density at radius 1 is 1.46 bits per heavy atom. The number of ether oxygens (including phenoxy) is 1. The van der Waals surface area contributed by atoms with Crippen LogP contribution in [0.25, 0.3) is 0 Å². The fraction of sp³-hybridized carbons (Fsp3) is 0.900. The normalized spacial score (nSPS) is 20.6. The van der Waals surface area contributed by atoms with Gasteiger partial charge >= 0.3 is 0 Å². The summed E-state index contributed by atoms with van der Waals surface area (Å²) in [5, 5.41) is 2.99. The summed E-state index contributed by atoms with van der Waals surface area (Å²) >= 11 is 0. The first kappa shape index (κ1) is 10.5. The predicted octanol–water partition coefficient (Wildman–Crippen LogP) is 1.33. The summed E-state index contributed by atoms with van der Waals surface area (Å²) in [6.45, 7) is 9.40. The van der Waals surface area contributed by atoms with Crippen LogP contribution < -0.4 is 5.32 Å². The first-order valence-corrected chi connectivity index (χ1v) is 4.70. The van der Waals surface area contributed by atoms with Gasteiger partial charge in [-0.3, -0.25) is 4.79 Å². The van der Waals surface area contributed by atoms with Gasteiger partial charge in [-0.05, 0) is 11.8 Å². The summed E-state index contributed by atoms with van der Waals surface area (Å²) in [6, 6.07) is 0. The van der Waals surface area contributed by atoms with E-state index in [1.807, 2.05) is 0 Å². The van der Waals surface area contributed by atoms with E-state index in [9.17, 15) is 4.79 Å². The Bertz CT molecular complexity index is 201. The lowest BCUT2D eigenvalue weighted by Crippen LogP contribution is -2.63. The summed E-state index contributed by atoms with van der Waals surface area (Å²) in [5.41, 5.74) is 0.135. The molecule has 3 nitrogen and oxygen atoms in total. The highest BCUT2D eigenvalue weighted by molar-refractivity contribution is 5.74. The van der Waals surface area contributed by atoms with Crippen molar-refractivity contribution in [3.63, 3.8) is 0 Å². The highest BCUT2D eigenvalue weighted by Crippen LogP contribution is 2.32. The van der Waals surface area contributed by atoms with Gasteiger partial charge in [-0.25, -0.2) is 0 Å². The Morgan fingerprint density at radius 2 is 2.00 bits per heavy atom. The van der Waals surface area contributed by atoms with E-state index in [0.717, 1.165) is 6.42 Å². The van der Waals surface area contributed by atoms with E-state index in [-0.39, 0.29) is 16.9 Å². The minimum Gasteiger partial charge on any atom is -0.376 e. The van der Waals surface area contributed by atoms with Gasteiger partial charge < -0.3 is 10.1 Å². The monoisotopic (exact) mass is 185 g/mol. The van der Waals surface area contributed by atoms with Crippen molar-refractivity contribution >= 4 is 5.91 Å². The van der Waals surface area contributed by atoms with Gasteiger partial charge in [0, 0.05) is 6.92 Å². The summed E-state index contributed by atoms with van der Waals surface area (Å²) in [5.74, 6) is 0.0348.